The van der Waals surface area contributed by atoms with E-state index in [1.54, 1.807) is 11.8 Å². The Hall–Kier alpha value is -3.45. The number of methoxy groups -OCH3 is 1. The third-order valence-corrected chi connectivity index (χ3v) is 5.86. The lowest BCUT2D eigenvalue weighted by atomic mass is 9.96. The zero-order valence-corrected chi connectivity index (χ0v) is 18.5. The van der Waals surface area contributed by atoms with Gasteiger partial charge in [0.25, 0.3) is 0 Å². The molecule has 1 unspecified atom stereocenters. The second-order valence-electron chi connectivity index (χ2n) is 7.19. The summed E-state index contributed by atoms with van der Waals surface area (Å²) < 4.78 is 7.01. The monoisotopic (exact) mass is 432 g/mol. The summed E-state index contributed by atoms with van der Waals surface area (Å²) in [4.78, 5) is 17.8. The fourth-order valence-corrected chi connectivity index (χ4v) is 4.28. The van der Waals surface area contributed by atoms with Crippen LogP contribution in [0.2, 0.25) is 0 Å². The maximum atomic E-state index is 13.1. The minimum Gasteiger partial charge on any atom is -0.497 e. The summed E-state index contributed by atoms with van der Waals surface area (Å²) >= 11 is 1.47. The van der Waals surface area contributed by atoms with Crippen LogP contribution in [0.1, 0.15) is 30.5 Å². The van der Waals surface area contributed by atoms with Crippen molar-refractivity contribution in [1.29, 1.82) is 0 Å². The Kier molecular flexibility index (Phi) is 6.13. The average Bonchev–Trinajstić information content (AvgIpc) is 3.42. The largest absolute Gasteiger partial charge is 0.497 e. The fourth-order valence-electron chi connectivity index (χ4n) is 3.48. The molecule has 1 N–H and O–H groups in total. The van der Waals surface area contributed by atoms with Gasteiger partial charge in [-0.3, -0.25) is 4.79 Å². The lowest BCUT2D eigenvalue weighted by Crippen LogP contribution is -2.22. The van der Waals surface area contributed by atoms with Crippen LogP contribution in [0.5, 0.6) is 5.75 Å². The smallest absolute Gasteiger partial charge is 0.233 e. The second-order valence-corrected chi connectivity index (χ2v) is 8.03. The number of aryl methyl sites for hydroxylation is 1. The third kappa shape index (κ3) is 4.51. The zero-order valence-electron chi connectivity index (χ0n) is 17.7. The number of anilines is 1. The van der Waals surface area contributed by atoms with Crippen LogP contribution >= 0.6 is 11.3 Å². The third-order valence-electron chi connectivity index (χ3n) is 5.05. The topological polar surface area (TPSA) is 69.0 Å². The first-order valence-corrected chi connectivity index (χ1v) is 11.0. The highest BCUT2D eigenvalue weighted by Gasteiger charge is 2.21. The van der Waals surface area contributed by atoms with E-state index >= 15 is 0 Å². The van der Waals surface area contributed by atoms with Crippen LogP contribution < -0.4 is 10.1 Å². The Bertz CT molecular complexity index is 1180. The van der Waals surface area contributed by atoms with Gasteiger partial charge in [0.2, 0.25) is 11.0 Å². The van der Waals surface area contributed by atoms with Gasteiger partial charge in [-0.15, -0.1) is 11.3 Å². The van der Waals surface area contributed by atoms with Gasteiger partial charge < -0.3 is 10.1 Å². The number of hydrogen-bond acceptors (Lipinski definition) is 5. The van der Waals surface area contributed by atoms with Gasteiger partial charge in [0.05, 0.1) is 24.4 Å². The number of aromatic nitrogens is 3. The number of rotatable bonds is 7. The summed E-state index contributed by atoms with van der Waals surface area (Å²) in [5.41, 5.74) is 3.60. The molecule has 0 fully saturated rings. The van der Waals surface area contributed by atoms with E-state index in [0.717, 1.165) is 28.3 Å². The number of amides is 1. The molecule has 2 aromatic carbocycles. The number of thiazole rings is 1. The molecule has 0 aliphatic rings. The van der Waals surface area contributed by atoms with Crippen LogP contribution in [0.25, 0.3) is 16.4 Å². The second kappa shape index (κ2) is 9.14. The van der Waals surface area contributed by atoms with Crippen molar-refractivity contribution in [3.63, 3.8) is 0 Å². The molecule has 4 rings (SSSR count). The van der Waals surface area contributed by atoms with E-state index in [2.05, 4.69) is 10.4 Å². The number of ether oxygens (including phenoxy) is 1. The number of nitrogens with one attached hydrogen (secondary N) is 1. The molecular formula is C24H24N4O2S. The van der Waals surface area contributed by atoms with Crippen molar-refractivity contribution in [1.82, 2.24) is 14.8 Å². The molecule has 1 amide bonds. The predicted octanol–water partition coefficient (Wildman–Crippen LogP) is 5.45. The zero-order chi connectivity index (χ0) is 21.8. The molecule has 0 saturated carbocycles. The van der Waals surface area contributed by atoms with Crippen LogP contribution in [-0.2, 0) is 4.79 Å². The Morgan fingerprint density at radius 3 is 2.71 bits per heavy atom. The quantitative estimate of drug-likeness (QED) is 0.422. The Morgan fingerprint density at radius 2 is 1.97 bits per heavy atom. The molecule has 1 atom stereocenters. The number of hydrogen-bond donors (Lipinski definition) is 1. The predicted molar refractivity (Wildman–Crippen MR) is 124 cm³/mol. The molecule has 0 spiro atoms. The van der Waals surface area contributed by atoms with Gasteiger partial charge in [-0.05, 0) is 31.0 Å². The van der Waals surface area contributed by atoms with E-state index < -0.39 is 0 Å². The minimum absolute atomic E-state index is 0.0561. The molecule has 0 bridgehead atoms. The van der Waals surface area contributed by atoms with Crippen molar-refractivity contribution in [3.8, 4) is 22.1 Å². The number of carbonyl (C=O) groups excluding carboxylic acids is 1. The molecule has 31 heavy (non-hydrogen) atoms. The molecule has 2 aromatic heterocycles. The van der Waals surface area contributed by atoms with Gasteiger partial charge in [0, 0.05) is 17.0 Å². The first-order chi connectivity index (χ1) is 15.1. The van der Waals surface area contributed by atoms with Crippen molar-refractivity contribution in [2.75, 3.05) is 12.4 Å². The van der Waals surface area contributed by atoms with Crippen LogP contribution in [0, 0.1) is 6.92 Å². The van der Waals surface area contributed by atoms with Crippen molar-refractivity contribution >= 4 is 23.1 Å². The van der Waals surface area contributed by atoms with Crippen molar-refractivity contribution in [3.05, 3.63) is 77.3 Å². The molecule has 0 saturated heterocycles. The molecule has 7 heteroatoms. The van der Waals surface area contributed by atoms with E-state index in [4.69, 9.17) is 9.72 Å². The van der Waals surface area contributed by atoms with Crippen LogP contribution in [0.15, 0.2) is 66.0 Å². The molecule has 0 aliphatic heterocycles. The number of carbonyl (C=O) groups is 1. The maximum absolute atomic E-state index is 13.1. The fraction of sp³-hybridized carbons (Fsp3) is 0.208. The summed E-state index contributed by atoms with van der Waals surface area (Å²) in [5, 5.41) is 10.3. The van der Waals surface area contributed by atoms with Crippen molar-refractivity contribution in [2.45, 2.75) is 26.2 Å². The lowest BCUT2D eigenvalue weighted by molar-refractivity contribution is -0.117. The normalized spacial score (nSPS) is 11.8. The summed E-state index contributed by atoms with van der Waals surface area (Å²) in [6, 6.07) is 19.5. The number of benzene rings is 2. The molecule has 2 heterocycles. The van der Waals surface area contributed by atoms with Crippen molar-refractivity contribution < 1.29 is 9.53 Å². The van der Waals surface area contributed by atoms with Gasteiger partial charge >= 0.3 is 0 Å². The van der Waals surface area contributed by atoms with Gasteiger partial charge in [-0.1, -0.05) is 49.4 Å². The van der Waals surface area contributed by atoms with Crippen LogP contribution in [-0.4, -0.2) is 27.8 Å². The molecule has 4 aromatic rings. The molecular weight excluding hydrogens is 408 g/mol. The van der Waals surface area contributed by atoms with Crippen LogP contribution in [0.3, 0.4) is 0 Å². The molecule has 0 radical (unpaired) electrons. The van der Waals surface area contributed by atoms with Crippen molar-refractivity contribution in [2.24, 2.45) is 0 Å². The first kappa shape index (κ1) is 20.8. The number of nitrogens with zero attached hydrogens (tertiary/aromatic N) is 3. The van der Waals surface area contributed by atoms with Gasteiger partial charge in [0.1, 0.15) is 11.6 Å². The molecule has 6 nitrogen and oxygen atoms in total. The Morgan fingerprint density at radius 1 is 1.16 bits per heavy atom. The summed E-state index contributed by atoms with van der Waals surface area (Å²) in [6.07, 6.45) is 0.709. The summed E-state index contributed by atoms with van der Waals surface area (Å²) in [7, 11) is 1.64. The highest BCUT2D eigenvalue weighted by atomic mass is 32.1. The van der Waals surface area contributed by atoms with E-state index in [0.29, 0.717) is 17.4 Å². The maximum Gasteiger partial charge on any atom is 0.233 e. The van der Waals surface area contributed by atoms with E-state index in [-0.39, 0.29) is 11.8 Å². The standard InChI is InChI=1S/C24H24N4O2S/c1-4-20(17-9-6-5-7-10-17)23(29)26-22-13-16(2)27-28(22)24-25-21(15-31-24)18-11-8-12-19(14-18)30-3/h5-15,20H,4H2,1-3H3,(H,26,29). The Balaban J connectivity index is 1.61. The first-order valence-electron chi connectivity index (χ1n) is 10.1. The van der Waals surface area contributed by atoms with Crippen LogP contribution in [0.4, 0.5) is 5.82 Å². The van der Waals surface area contributed by atoms with E-state index in [1.165, 1.54) is 11.3 Å². The van der Waals surface area contributed by atoms with Gasteiger partial charge in [-0.25, -0.2) is 4.98 Å². The highest BCUT2D eigenvalue weighted by molar-refractivity contribution is 7.12. The SMILES string of the molecule is CCC(C(=O)Nc1cc(C)nn1-c1nc(-c2cccc(OC)c2)cs1)c1ccccc1. The molecule has 0 aliphatic carbocycles. The van der Waals surface area contributed by atoms with Gasteiger partial charge in [-0.2, -0.15) is 9.78 Å². The average molecular weight is 433 g/mol. The summed E-state index contributed by atoms with van der Waals surface area (Å²) in [5.74, 6) is 1.11. The summed E-state index contributed by atoms with van der Waals surface area (Å²) in [6.45, 7) is 3.91. The Labute approximate surface area is 185 Å². The van der Waals surface area contributed by atoms with E-state index in [1.807, 2.05) is 79.9 Å². The van der Waals surface area contributed by atoms with E-state index in [9.17, 15) is 4.79 Å². The highest BCUT2D eigenvalue weighted by Crippen LogP contribution is 2.29. The minimum atomic E-state index is -0.228. The molecule has 158 valence electrons. The lowest BCUT2D eigenvalue weighted by Gasteiger charge is -2.15. The van der Waals surface area contributed by atoms with Gasteiger partial charge in [0.15, 0.2) is 0 Å².